The molecule has 2 N–H and O–H groups in total. The second-order valence-corrected chi connectivity index (χ2v) is 5.74. The molecule has 1 fully saturated rings. The van der Waals surface area contributed by atoms with Gasteiger partial charge in [0.05, 0.1) is 20.1 Å². The first kappa shape index (κ1) is 17.4. The third-order valence-electron chi connectivity index (χ3n) is 3.93. The highest BCUT2D eigenvalue weighted by Gasteiger charge is 2.38. The van der Waals surface area contributed by atoms with Gasteiger partial charge in [0.15, 0.2) is 0 Å². The Morgan fingerprint density at radius 1 is 1.23 bits per heavy atom. The number of nitrogens with one attached hydrogen (secondary N) is 2. The number of methoxy groups -OCH3 is 1. The molecule has 1 aliphatic heterocycles. The predicted molar refractivity (Wildman–Crippen MR) is 93.3 cm³/mol. The Morgan fingerprint density at radius 2 is 2.00 bits per heavy atom. The number of rotatable bonds is 6. The number of urea groups is 1. The summed E-state index contributed by atoms with van der Waals surface area (Å²) >= 11 is 0. The predicted octanol–water partition coefficient (Wildman–Crippen LogP) is 1.54. The van der Waals surface area contributed by atoms with Gasteiger partial charge in [-0.15, -0.1) is 0 Å². The van der Waals surface area contributed by atoms with E-state index in [0.717, 1.165) is 10.5 Å². The lowest BCUT2D eigenvalue weighted by Crippen LogP contribution is -2.34. The Bertz CT molecular complexity index is 808. The van der Waals surface area contributed by atoms with Gasteiger partial charge in [0.25, 0.3) is 5.91 Å². The highest BCUT2D eigenvalue weighted by Crippen LogP contribution is 2.17. The number of pyridine rings is 1. The Kier molecular flexibility index (Phi) is 5.12. The highest BCUT2D eigenvalue weighted by molar-refractivity contribution is 6.06. The molecule has 2 heterocycles. The molecule has 26 heavy (non-hydrogen) atoms. The normalized spacial score (nSPS) is 16.3. The smallest absolute Gasteiger partial charge is 0.325 e. The van der Waals surface area contributed by atoms with Crippen LogP contribution in [-0.4, -0.2) is 40.9 Å². The first-order valence-electron chi connectivity index (χ1n) is 8.02. The lowest BCUT2D eigenvalue weighted by molar-refractivity contribution is -0.130. The van der Waals surface area contributed by atoms with Crippen LogP contribution >= 0.6 is 0 Å². The van der Waals surface area contributed by atoms with Gasteiger partial charge in [-0.2, -0.15) is 0 Å². The molecule has 1 aromatic heterocycles. The molecule has 0 saturated carbocycles. The molecule has 1 saturated heterocycles. The molecule has 4 amide bonds. The van der Waals surface area contributed by atoms with Crippen LogP contribution in [0.15, 0.2) is 48.7 Å². The molecule has 3 rings (SSSR count). The van der Waals surface area contributed by atoms with Crippen molar-refractivity contribution in [2.75, 3.05) is 12.4 Å². The monoisotopic (exact) mass is 354 g/mol. The fourth-order valence-electron chi connectivity index (χ4n) is 2.59. The first-order chi connectivity index (χ1) is 12.6. The molecule has 2 aromatic rings. The molecular formula is C18H18N4O4. The quantitative estimate of drug-likeness (QED) is 0.767. The minimum Gasteiger partial charge on any atom is -0.497 e. The molecule has 0 radical (unpaired) electrons. The lowest BCUT2D eigenvalue weighted by Gasteiger charge is -2.13. The van der Waals surface area contributed by atoms with Crippen molar-refractivity contribution < 1.29 is 19.1 Å². The molecule has 0 bridgehead atoms. The van der Waals surface area contributed by atoms with Crippen LogP contribution in [0, 0.1) is 0 Å². The molecule has 8 nitrogen and oxygen atoms in total. The maximum Gasteiger partial charge on any atom is 0.325 e. The fraction of sp³-hybridized carbons (Fsp3) is 0.222. The second-order valence-electron chi connectivity index (χ2n) is 5.74. The van der Waals surface area contributed by atoms with Crippen molar-refractivity contribution in [1.82, 2.24) is 15.2 Å². The maximum atomic E-state index is 12.5. The van der Waals surface area contributed by atoms with Gasteiger partial charge in [0.1, 0.15) is 17.6 Å². The third kappa shape index (κ3) is 3.97. The van der Waals surface area contributed by atoms with E-state index in [1.54, 1.807) is 55.8 Å². The van der Waals surface area contributed by atoms with E-state index in [1.165, 1.54) is 0 Å². The van der Waals surface area contributed by atoms with Crippen molar-refractivity contribution in [1.29, 1.82) is 0 Å². The second kappa shape index (κ2) is 7.64. The van der Waals surface area contributed by atoms with Crippen LogP contribution in [0.1, 0.15) is 12.0 Å². The maximum absolute atomic E-state index is 12.5. The summed E-state index contributed by atoms with van der Waals surface area (Å²) in [6.07, 6.45) is 1.40. The summed E-state index contributed by atoms with van der Waals surface area (Å²) < 4.78 is 5.08. The largest absolute Gasteiger partial charge is 0.497 e. The van der Waals surface area contributed by atoms with Crippen molar-refractivity contribution in [3.05, 3.63) is 54.2 Å². The minimum atomic E-state index is -0.885. The first-order valence-corrected chi connectivity index (χ1v) is 8.02. The number of imide groups is 1. The highest BCUT2D eigenvalue weighted by atomic mass is 16.5. The zero-order valence-electron chi connectivity index (χ0n) is 14.1. The van der Waals surface area contributed by atoms with Crippen molar-refractivity contribution in [2.24, 2.45) is 0 Å². The van der Waals surface area contributed by atoms with Crippen LogP contribution < -0.4 is 15.4 Å². The van der Waals surface area contributed by atoms with Crippen molar-refractivity contribution in [2.45, 2.75) is 19.0 Å². The van der Waals surface area contributed by atoms with Gasteiger partial charge in [-0.3, -0.25) is 14.5 Å². The van der Waals surface area contributed by atoms with Crippen molar-refractivity contribution in [3.63, 3.8) is 0 Å². The Hall–Kier alpha value is -3.42. The van der Waals surface area contributed by atoms with E-state index in [2.05, 4.69) is 15.6 Å². The van der Waals surface area contributed by atoms with E-state index in [1.807, 2.05) is 0 Å². The van der Waals surface area contributed by atoms with E-state index in [0.29, 0.717) is 11.6 Å². The molecular weight excluding hydrogens is 336 g/mol. The van der Waals surface area contributed by atoms with Gasteiger partial charge in [-0.1, -0.05) is 18.2 Å². The summed E-state index contributed by atoms with van der Waals surface area (Å²) in [7, 11) is 1.56. The Balaban J connectivity index is 1.60. The summed E-state index contributed by atoms with van der Waals surface area (Å²) in [5.74, 6) is 0.259. The fourth-order valence-corrected chi connectivity index (χ4v) is 2.59. The van der Waals surface area contributed by atoms with Gasteiger partial charge in [0, 0.05) is 6.20 Å². The van der Waals surface area contributed by atoms with Crippen LogP contribution in [0.3, 0.4) is 0 Å². The van der Waals surface area contributed by atoms with Crippen LogP contribution in [0.2, 0.25) is 0 Å². The summed E-state index contributed by atoms with van der Waals surface area (Å²) in [6.45, 7) is 0.132. The van der Waals surface area contributed by atoms with E-state index in [4.69, 9.17) is 4.74 Å². The average molecular weight is 354 g/mol. The van der Waals surface area contributed by atoms with Crippen molar-refractivity contribution >= 4 is 23.7 Å². The molecule has 0 spiro atoms. The number of ether oxygens (including phenoxy) is 1. The van der Waals surface area contributed by atoms with Gasteiger partial charge in [-0.05, 0) is 29.8 Å². The number of anilines is 1. The Labute approximate surface area is 150 Å². The SMILES string of the molecule is COc1ccc(CN2C(=O)NC(CC(=O)Nc3ccccn3)C2=O)cc1. The van der Waals surface area contributed by atoms with E-state index in [-0.39, 0.29) is 13.0 Å². The van der Waals surface area contributed by atoms with Crippen LogP contribution in [0.5, 0.6) is 5.75 Å². The van der Waals surface area contributed by atoms with Crippen molar-refractivity contribution in [3.8, 4) is 5.75 Å². The standard InChI is InChI=1S/C18H18N4O4/c1-26-13-7-5-12(6-8-13)11-22-17(24)14(20-18(22)25)10-16(23)21-15-4-2-3-9-19-15/h2-9,14H,10-11H2,1H3,(H,20,25)(H,19,21,23). The molecule has 1 atom stereocenters. The number of nitrogens with zero attached hydrogens (tertiary/aromatic N) is 2. The molecule has 134 valence electrons. The zero-order chi connectivity index (χ0) is 18.5. The minimum absolute atomic E-state index is 0.132. The van der Waals surface area contributed by atoms with Gasteiger partial charge in [-0.25, -0.2) is 9.78 Å². The van der Waals surface area contributed by atoms with E-state index < -0.39 is 23.9 Å². The van der Waals surface area contributed by atoms with E-state index in [9.17, 15) is 14.4 Å². The number of hydrogen-bond acceptors (Lipinski definition) is 5. The number of carbonyl (C=O) groups excluding carboxylic acids is 3. The van der Waals surface area contributed by atoms with Crippen LogP contribution in [0.25, 0.3) is 0 Å². The third-order valence-corrected chi connectivity index (χ3v) is 3.93. The Morgan fingerprint density at radius 3 is 2.65 bits per heavy atom. The number of hydrogen-bond donors (Lipinski definition) is 2. The average Bonchev–Trinajstić information content (AvgIpc) is 2.90. The molecule has 1 aromatic carbocycles. The summed E-state index contributed by atoms with van der Waals surface area (Å²) in [5, 5.41) is 5.14. The number of benzene rings is 1. The number of carbonyl (C=O) groups is 3. The number of amides is 4. The molecule has 8 heteroatoms. The molecule has 1 unspecified atom stereocenters. The van der Waals surface area contributed by atoms with Gasteiger partial charge in [0.2, 0.25) is 5.91 Å². The number of aromatic nitrogens is 1. The van der Waals surface area contributed by atoms with Gasteiger partial charge < -0.3 is 15.4 Å². The molecule has 1 aliphatic rings. The zero-order valence-corrected chi connectivity index (χ0v) is 14.1. The summed E-state index contributed by atoms with van der Waals surface area (Å²) in [6, 6.07) is 10.8. The summed E-state index contributed by atoms with van der Waals surface area (Å²) in [5.41, 5.74) is 0.785. The molecule has 0 aliphatic carbocycles. The van der Waals surface area contributed by atoms with Crippen LogP contribution in [0.4, 0.5) is 10.6 Å². The summed E-state index contributed by atoms with van der Waals surface area (Å²) in [4.78, 5) is 41.7. The van der Waals surface area contributed by atoms with Gasteiger partial charge >= 0.3 is 6.03 Å². The topological polar surface area (TPSA) is 101 Å². The van der Waals surface area contributed by atoms with E-state index >= 15 is 0 Å². The van der Waals surface area contributed by atoms with Crippen LogP contribution in [-0.2, 0) is 16.1 Å². The lowest BCUT2D eigenvalue weighted by atomic mass is 10.1.